The summed E-state index contributed by atoms with van der Waals surface area (Å²) < 4.78 is 11.8. The standard InChI is InChI=1S/C25H17ClN2O2/c1-16-4-2-5-17(12-16)23-11-9-21(29-23)15-27-20-8-10-24-22(14-20)28-25(30-24)18-6-3-7-19(26)13-18/h2-15H,1H3. The predicted molar refractivity (Wildman–Crippen MR) is 121 cm³/mol. The number of aromatic nitrogens is 1. The van der Waals surface area contributed by atoms with Gasteiger partial charge in [0.25, 0.3) is 0 Å². The molecule has 30 heavy (non-hydrogen) atoms. The van der Waals surface area contributed by atoms with Gasteiger partial charge < -0.3 is 8.83 Å². The molecule has 0 saturated carbocycles. The van der Waals surface area contributed by atoms with E-state index in [9.17, 15) is 0 Å². The van der Waals surface area contributed by atoms with Crippen LogP contribution < -0.4 is 0 Å². The van der Waals surface area contributed by atoms with Crippen molar-refractivity contribution in [3.05, 3.63) is 95.2 Å². The van der Waals surface area contributed by atoms with Crippen molar-refractivity contribution in [1.29, 1.82) is 0 Å². The molecule has 2 heterocycles. The molecule has 4 nitrogen and oxygen atoms in total. The van der Waals surface area contributed by atoms with E-state index in [0.717, 1.165) is 28.1 Å². The van der Waals surface area contributed by atoms with Crippen LogP contribution in [0.15, 0.2) is 92.7 Å². The van der Waals surface area contributed by atoms with Crippen LogP contribution >= 0.6 is 11.6 Å². The van der Waals surface area contributed by atoms with Crippen LogP contribution in [-0.2, 0) is 0 Å². The number of oxazole rings is 1. The van der Waals surface area contributed by atoms with Crippen LogP contribution in [0.2, 0.25) is 5.02 Å². The summed E-state index contributed by atoms with van der Waals surface area (Å²) in [4.78, 5) is 9.09. The molecule has 0 spiro atoms. The molecule has 0 aliphatic heterocycles. The second-order valence-corrected chi connectivity index (χ2v) is 7.45. The molecule has 146 valence electrons. The maximum absolute atomic E-state index is 6.07. The summed E-state index contributed by atoms with van der Waals surface area (Å²) in [7, 11) is 0. The van der Waals surface area contributed by atoms with Gasteiger partial charge in [0.05, 0.1) is 11.9 Å². The number of rotatable bonds is 4. The molecule has 0 radical (unpaired) electrons. The lowest BCUT2D eigenvalue weighted by atomic mass is 10.1. The number of benzene rings is 3. The van der Waals surface area contributed by atoms with Crippen molar-refractivity contribution < 1.29 is 8.83 Å². The highest BCUT2D eigenvalue weighted by Gasteiger charge is 2.09. The van der Waals surface area contributed by atoms with Gasteiger partial charge in [-0.25, -0.2) is 4.98 Å². The van der Waals surface area contributed by atoms with Gasteiger partial charge in [0, 0.05) is 16.1 Å². The number of aryl methyl sites for hydroxylation is 1. The fraction of sp³-hybridized carbons (Fsp3) is 0.0400. The number of furan rings is 1. The molecule has 0 amide bonds. The predicted octanol–water partition coefficient (Wildman–Crippen LogP) is 7.47. The molecule has 0 aliphatic rings. The molecule has 0 atom stereocenters. The summed E-state index contributed by atoms with van der Waals surface area (Å²) in [5.41, 5.74) is 5.28. The zero-order chi connectivity index (χ0) is 20.5. The number of hydrogen-bond donors (Lipinski definition) is 0. The first-order valence-corrected chi connectivity index (χ1v) is 9.89. The maximum Gasteiger partial charge on any atom is 0.227 e. The average Bonchev–Trinajstić information content (AvgIpc) is 3.39. The zero-order valence-corrected chi connectivity index (χ0v) is 16.9. The molecular formula is C25H17ClN2O2. The zero-order valence-electron chi connectivity index (χ0n) is 16.2. The van der Waals surface area contributed by atoms with Crippen LogP contribution in [0.1, 0.15) is 11.3 Å². The Morgan fingerprint density at radius 1 is 0.867 bits per heavy atom. The van der Waals surface area contributed by atoms with Crippen molar-refractivity contribution in [2.24, 2.45) is 4.99 Å². The SMILES string of the molecule is Cc1cccc(-c2ccc(C=Nc3ccc4oc(-c5cccc(Cl)c5)nc4c3)o2)c1. The summed E-state index contributed by atoms with van der Waals surface area (Å²) in [6, 6.07) is 25.1. The lowest BCUT2D eigenvalue weighted by Crippen LogP contribution is -1.77. The van der Waals surface area contributed by atoms with E-state index in [-0.39, 0.29) is 0 Å². The van der Waals surface area contributed by atoms with Gasteiger partial charge in [-0.05, 0) is 61.5 Å². The van der Waals surface area contributed by atoms with Crippen molar-refractivity contribution in [2.45, 2.75) is 6.92 Å². The molecule has 0 unspecified atom stereocenters. The number of aliphatic imine (C=N–C) groups is 1. The molecule has 0 aliphatic carbocycles. The Hall–Kier alpha value is -3.63. The van der Waals surface area contributed by atoms with Gasteiger partial charge in [-0.1, -0.05) is 41.4 Å². The van der Waals surface area contributed by atoms with Crippen molar-refractivity contribution in [3.8, 4) is 22.8 Å². The molecule has 5 rings (SSSR count). The molecule has 5 aromatic rings. The van der Waals surface area contributed by atoms with Crippen LogP contribution in [0.25, 0.3) is 33.9 Å². The Labute approximate surface area is 178 Å². The van der Waals surface area contributed by atoms with E-state index in [2.05, 4.69) is 29.0 Å². The average molecular weight is 413 g/mol. The fourth-order valence-corrected chi connectivity index (χ4v) is 3.45. The highest BCUT2D eigenvalue weighted by molar-refractivity contribution is 6.30. The summed E-state index contributed by atoms with van der Waals surface area (Å²) in [5.74, 6) is 2.03. The number of halogens is 1. The summed E-state index contributed by atoms with van der Waals surface area (Å²) >= 11 is 6.07. The third kappa shape index (κ3) is 3.78. The quantitative estimate of drug-likeness (QED) is 0.288. The van der Waals surface area contributed by atoms with Crippen LogP contribution in [-0.4, -0.2) is 11.2 Å². The topological polar surface area (TPSA) is 51.5 Å². The molecule has 5 heteroatoms. The largest absolute Gasteiger partial charge is 0.455 e. The van der Waals surface area contributed by atoms with E-state index < -0.39 is 0 Å². The minimum absolute atomic E-state index is 0.530. The molecule has 2 aromatic heterocycles. The Bertz CT molecular complexity index is 1380. The second kappa shape index (κ2) is 7.65. The summed E-state index contributed by atoms with van der Waals surface area (Å²) in [5, 5.41) is 0.642. The third-order valence-electron chi connectivity index (χ3n) is 4.71. The molecular weight excluding hydrogens is 396 g/mol. The second-order valence-electron chi connectivity index (χ2n) is 7.01. The van der Waals surface area contributed by atoms with Gasteiger partial charge in [-0.3, -0.25) is 4.99 Å². The van der Waals surface area contributed by atoms with Gasteiger partial charge in [0.1, 0.15) is 17.0 Å². The molecule has 0 saturated heterocycles. The van der Waals surface area contributed by atoms with Gasteiger partial charge in [0.15, 0.2) is 5.58 Å². The van der Waals surface area contributed by atoms with Crippen molar-refractivity contribution in [1.82, 2.24) is 4.98 Å². The number of hydrogen-bond acceptors (Lipinski definition) is 4. The van der Waals surface area contributed by atoms with Gasteiger partial charge >= 0.3 is 0 Å². The van der Waals surface area contributed by atoms with Crippen molar-refractivity contribution in [2.75, 3.05) is 0 Å². The van der Waals surface area contributed by atoms with Crippen molar-refractivity contribution >= 4 is 34.6 Å². The smallest absolute Gasteiger partial charge is 0.227 e. The first kappa shape index (κ1) is 18.4. The van der Waals surface area contributed by atoms with Crippen LogP contribution in [0.5, 0.6) is 0 Å². The lowest BCUT2D eigenvalue weighted by Gasteiger charge is -1.98. The van der Waals surface area contributed by atoms with Gasteiger partial charge in [0.2, 0.25) is 5.89 Å². The minimum atomic E-state index is 0.530. The maximum atomic E-state index is 6.07. The van der Waals surface area contributed by atoms with E-state index in [1.165, 1.54) is 5.56 Å². The molecule has 3 aromatic carbocycles. The normalized spacial score (nSPS) is 11.5. The molecule has 0 fully saturated rings. The van der Waals surface area contributed by atoms with E-state index >= 15 is 0 Å². The Balaban J connectivity index is 1.40. The Morgan fingerprint density at radius 2 is 1.73 bits per heavy atom. The monoisotopic (exact) mass is 412 g/mol. The van der Waals surface area contributed by atoms with Crippen LogP contribution in [0.4, 0.5) is 5.69 Å². The fourth-order valence-electron chi connectivity index (χ4n) is 3.25. The number of fused-ring (bicyclic) bond motifs is 1. The molecule has 0 N–H and O–H groups in total. The highest BCUT2D eigenvalue weighted by atomic mass is 35.5. The third-order valence-corrected chi connectivity index (χ3v) is 4.95. The number of nitrogens with zero attached hydrogens (tertiary/aromatic N) is 2. The minimum Gasteiger partial charge on any atom is -0.455 e. The Morgan fingerprint density at radius 3 is 2.60 bits per heavy atom. The highest BCUT2D eigenvalue weighted by Crippen LogP contribution is 2.28. The Kier molecular flexibility index (Phi) is 4.69. The van der Waals surface area contributed by atoms with E-state index in [1.807, 2.05) is 66.7 Å². The van der Waals surface area contributed by atoms with Crippen LogP contribution in [0, 0.1) is 6.92 Å². The summed E-state index contributed by atoms with van der Waals surface area (Å²) in [6.07, 6.45) is 1.71. The lowest BCUT2D eigenvalue weighted by molar-refractivity contribution is 0.575. The van der Waals surface area contributed by atoms with Crippen molar-refractivity contribution in [3.63, 3.8) is 0 Å². The van der Waals surface area contributed by atoms with E-state index in [1.54, 1.807) is 6.21 Å². The first-order valence-electron chi connectivity index (χ1n) is 9.51. The summed E-state index contributed by atoms with van der Waals surface area (Å²) in [6.45, 7) is 2.06. The first-order chi connectivity index (χ1) is 14.6. The van der Waals surface area contributed by atoms with Crippen LogP contribution in [0.3, 0.4) is 0 Å². The van der Waals surface area contributed by atoms with E-state index in [4.69, 9.17) is 20.4 Å². The van der Waals surface area contributed by atoms with E-state index in [0.29, 0.717) is 22.3 Å². The molecule has 0 bridgehead atoms. The van der Waals surface area contributed by atoms with Gasteiger partial charge in [-0.15, -0.1) is 0 Å². The van der Waals surface area contributed by atoms with Gasteiger partial charge in [-0.2, -0.15) is 0 Å².